The normalized spacial score (nSPS) is 14.4. The second kappa shape index (κ2) is 8.51. The predicted molar refractivity (Wildman–Crippen MR) is 106 cm³/mol. The van der Waals surface area contributed by atoms with Crippen molar-refractivity contribution in [1.29, 1.82) is 0 Å². The number of nitrogens with one attached hydrogen (secondary N) is 2. The molecule has 0 saturated carbocycles. The van der Waals surface area contributed by atoms with Gasteiger partial charge in [-0.25, -0.2) is 4.79 Å². The molecule has 3 rings (SSSR count). The van der Waals surface area contributed by atoms with Gasteiger partial charge in [-0.05, 0) is 38.0 Å². The van der Waals surface area contributed by atoms with Crippen LogP contribution in [-0.2, 0) is 4.79 Å². The molecule has 0 aromatic heterocycles. The lowest BCUT2D eigenvalue weighted by atomic mass is 9.96. The molecule has 2 aromatic rings. The van der Waals surface area contributed by atoms with Crippen LogP contribution in [-0.4, -0.2) is 34.9 Å². The fourth-order valence-corrected chi connectivity index (χ4v) is 3.26. The Bertz CT molecular complexity index is 877. The van der Waals surface area contributed by atoms with Crippen LogP contribution in [0.5, 0.6) is 0 Å². The summed E-state index contributed by atoms with van der Waals surface area (Å²) >= 11 is 0. The number of nitrogens with zero attached hydrogens (tertiary/aromatic N) is 2. The molecule has 0 radical (unpaired) electrons. The van der Waals surface area contributed by atoms with Gasteiger partial charge in [0.1, 0.15) is 0 Å². The van der Waals surface area contributed by atoms with Crippen LogP contribution >= 0.6 is 0 Å². The van der Waals surface area contributed by atoms with E-state index in [0.29, 0.717) is 37.2 Å². The van der Waals surface area contributed by atoms with E-state index in [1.165, 1.54) is 6.07 Å². The highest BCUT2D eigenvalue weighted by Crippen LogP contribution is 2.27. The Balaban J connectivity index is 1.55. The van der Waals surface area contributed by atoms with Crippen molar-refractivity contribution in [2.75, 3.05) is 23.7 Å². The van der Waals surface area contributed by atoms with Crippen LogP contribution in [0.2, 0.25) is 0 Å². The molecule has 2 aromatic carbocycles. The zero-order valence-electron chi connectivity index (χ0n) is 15.6. The number of anilines is 2. The van der Waals surface area contributed by atoms with E-state index in [2.05, 4.69) is 10.6 Å². The number of urea groups is 1. The molecule has 8 heteroatoms. The molecule has 1 heterocycles. The maximum Gasteiger partial charge on any atom is 0.321 e. The lowest BCUT2D eigenvalue weighted by Crippen LogP contribution is -2.43. The van der Waals surface area contributed by atoms with E-state index in [1.807, 2.05) is 30.3 Å². The predicted octanol–water partition coefficient (Wildman–Crippen LogP) is 3.79. The van der Waals surface area contributed by atoms with Crippen LogP contribution in [0.15, 0.2) is 48.5 Å². The summed E-state index contributed by atoms with van der Waals surface area (Å²) in [5.41, 5.74) is 1.59. The molecule has 1 aliphatic heterocycles. The summed E-state index contributed by atoms with van der Waals surface area (Å²) in [4.78, 5) is 37.2. The fourth-order valence-electron chi connectivity index (χ4n) is 3.26. The van der Waals surface area contributed by atoms with E-state index >= 15 is 0 Å². The van der Waals surface area contributed by atoms with Gasteiger partial charge in [0.05, 0.1) is 16.2 Å². The minimum Gasteiger partial charge on any atom is -0.325 e. The molecule has 1 aliphatic rings. The topological polar surface area (TPSA) is 105 Å². The number of hydrogen-bond acceptors (Lipinski definition) is 4. The molecule has 0 bridgehead atoms. The molecule has 1 fully saturated rings. The minimum atomic E-state index is -0.463. The van der Waals surface area contributed by atoms with Crippen molar-refractivity contribution in [2.24, 2.45) is 5.92 Å². The molecule has 28 heavy (non-hydrogen) atoms. The largest absolute Gasteiger partial charge is 0.325 e. The van der Waals surface area contributed by atoms with Crippen LogP contribution in [0.4, 0.5) is 21.9 Å². The van der Waals surface area contributed by atoms with Gasteiger partial charge in [-0.15, -0.1) is 0 Å². The maximum atomic E-state index is 12.6. The first kappa shape index (κ1) is 19.3. The van der Waals surface area contributed by atoms with Gasteiger partial charge in [0.2, 0.25) is 5.91 Å². The highest BCUT2D eigenvalue weighted by Gasteiger charge is 2.28. The van der Waals surface area contributed by atoms with Crippen molar-refractivity contribution in [3.63, 3.8) is 0 Å². The number of carbonyl (C=O) groups excluding carboxylic acids is 2. The number of hydrogen-bond donors (Lipinski definition) is 2. The van der Waals surface area contributed by atoms with Gasteiger partial charge in [-0.1, -0.05) is 24.3 Å². The second-order valence-corrected chi connectivity index (χ2v) is 6.75. The molecular formula is C20H22N4O4. The molecule has 2 N–H and O–H groups in total. The summed E-state index contributed by atoms with van der Waals surface area (Å²) in [5.74, 6) is -0.411. The van der Waals surface area contributed by atoms with Crippen LogP contribution < -0.4 is 10.6 Å². The number of nitro groups is 1. The summed E-state index contributed by atoms with van der Waals surface area (Å²) in [5, 5.41) is 16.7. The lowest BCUT2D eigenvalue weighted by molar-refractivity contribution is -0.385. The Kier molecular flexibility index (Phi) is 5.88. The molecule has 8 nitrogen and oxygen atoms in total. The van der Waals surface area contributed by atoms with Crippen molar-refractivity contribution in [3.05, 3.63) is 64.2 Å². The highest BCUT2D eigenvalue weighted by atomic mass is 16.6. The minimum absolute atomic E-state index is 0.0230. The van der Waals surface area contributed by atoms with Gasteiger partial charge < -0.3 is 15.5 Å². The Morgan fingerprint density at radius 1 is 1.04 bits per heavy atom. The van der Waals surface area contributed by atoms with Crippen LogP contribution in [0.3, 0.4) is 0 Å². The van der Waals surface area contributed by atoms with E-state index in [9.17, 15) is 19.7 Å². The molecule has 1 saturated heterocycles. The third-order valence-electron chi connectivity index (χ3n) is 4.94. The van der Waals surface area contributed by atoms with Crippen molar-refractivity contribution in [1.82, 2.24) is 4.90 Å². The summed E-state index contributed by atoms with van der Waals surface area (Å²) in [6, 6.07) is 13.7. The second-order valence-electron chi connectivity index (χ2n) is 6.75. The first-order chi connectivity index (χ1) is 13.5. The van der Waals surface area contributed by atoms with Crippen molar-refractivity contribution in [3.8, 4) is 0 Å². The average Bonchev–Trinajstić information content (AvgIpc) is 2.70. The molecule has 146 valence electrons. The first-order valence-corrected chi connectivity index (χ1v) is 9.11. The molecule has 0 unspecified atom stereocenters. The van der Waals surface area contributed by atoms with Gasteiger partial charge in [-0.2, -0.15) is 0 Å². The number of likely N-dealkylation sites (tertiary alicyclic amines) is 1. The van der Waals surface area contributed by atoms with E-state index in [0.717, 1.165) is 5.69 Å². The van der Waals surface area contributed by atoms with E-state index < -0.39 is 4.92 Å². The van der Waals surface area contributed by atoms with E-state index in [4.69, 9.17) is 0 Å². The molecular weight excluding hydrogens is 360 g/mol. The smallest absolute Gasteiger partial charge is 0.321 e. The van der Waals surface area contributed by atoms with Gasteiger partial charge >= 0.3 is 6.03 Å². The van der Waals surface area contributed by atoms with Crippen molar-refractivity contribution < 1.29 is 14.5 Å². The molecule has 3 amide bonds. The highest BCUT2D eigenvalue weighted by molar-refractivity contribution is 5.94. The first-order valence-electron chi connectivity index (χ1n) is 9.11. The van der Waals surface area contributed by atoms with Crippen LogP contribution in [0, 0.1) is 23.0 Å². The summed E-state index contributed by atoms with van der Waals surface area (Å²) in [6.07, 6.45) is 1.09. The maximum absolute atomic E-state index is 12.6. The number of benzene rings is 2. The zero-order valence-corrected chi connectivity index (χ0v) is 15.6. The quantitative estimate of drug-likeness (QED) is 0.620. The third kappa shape index (κ3) is 4.46. The summed E-state index contributed by atoms with van der Waals surface area (Å²) < 4.78 is 0. The number of nitro benzene ring substituents is 1. The number of carbonyl (C=O) groups is 2. The Hall–Kier alpha value is -3.42. The summed E-state index contributed by atoms with van der Waals surface area (Å²) in [6.45, 7) is 2.57. The number of rotatable bonds is 4. The summed E-state index contributed by atoms with van der Waals surface area (Å²) in [7, 11) is 0. The van der Waals surface area contributed by atoms with Gasteiger partial charge in [-0.3, -0.25) is 14.9 Å². The Labute approximate surface area is 162 Å². The number of amides is 3. The van der Waals surface area contributed by atoms with Gasteiger partial charge in [0, 0.05) is 30.8 Å². The van der Waals surface area contributed by atoms with Gasteiger partial charge in [0.15, 0.2) is 0 Å². The lowest BCUT2D eigenvalue weighted by Gasteiger charge is -2.31. The van der Waals surface area contributed by atoms with Gasteiger partial charge in [0.25, 0.3) is 5.69 Å². The van der Waals surface area contributed by atoms with Crippen LogP contribution in [0.25, 0.3) is 0 Å². The molecule has 0 atom stereocenters. The van der Waals surface area contributed by atoms with Crippen molar-refractivity contribution in [2.45, 2.75) is 19.8 Å². The monoisotopic (exact) mass is 382 g/mol. The Morgan fingerprint density at radius 3 is 2.36 bits per heavy atom. The van der Waals surface area contributed by atoms with Crippen molar-refractivity contribution >= 4 is 29.0 Å². The number of piperidine rings is 1. The third-order valence-corrected chi connectivity index (χ3v) is 4.94. The van der Waals surface area contributed by atoms with E-state index in [1.54, 1.807) is 24.0 Å². The Morgan fingerprint density at radius 2 is 1.71 bits per heavy atom. The standard InChI is InChI=1S/C20H22N4O4/c1-14-17(8-5-9-18(14)24(27)28)22-19(25)15-10-12-23(13-11-15)20(26)21-16-6-3-2-4-7-16/h2-9,15H,10-13H2,1H3,(H,21,26)(H,22,25). The molecule has 0 aliphatic carbocycles. The van der Waals surface area contributed by atoms with Crippen LogP contribution in [0.1, 0.15) is 18.4 Å². The zero-order chi connectivity index (χ0) is 20.1. The fraction of sp³-hybridized carbons (Fsp3) is 0.300. The SMILES string of the molecule is Cc1c(NC(=O)C2CCN(C(=O)Nc3ccccc3)CC2)cccc1[N+](=O)[O-]. The van der Waals surface area contributed by atoms with E-state index in [-0.39, 0.29) is 23.5 Å². The molecule has 0 spiro atoms. The average molecular weight is 382 g/mol. The number of para-hydroxylation sites is 1.